The zero-order chi connectivity index (χ0) is 20.1. The van der Waals surface area contributed by atoms with Gasteiger partial charge in [-0.05, 0) is 36.6 Å². The Morgan fingerprint density at radius 2 is 1.96 bits per heavy atom. The molecule has 0 radical (unpaired) electrons. The molecule has 8 heteroatoms. The first-order valence-corrected chi connectivity index (χ1v) is 9.34. The number of rotatable bonds is 1. The smallest absolute Gasteiger partial charge is 0.455 e. The first-order chi connectivity index (χ1) is 13.3. The first-order valence-electron chi connectivity index (χ1n) is 8.96. The molecule has 0 spiro atoms. The topological polar surface area (TPSA) is 41.6 Å². The number of fused-ring (bicyclic) bond motifs is 5. The van der Waals surface area contributed by atoms with Crippen LogP contribution in [-0.2, 0) is 4.79 Å². The molecule has 148 valence electrons. The van der Waals surface area contributed by atoms with Gasteiger partial charge in [-0.2, -0.15) is 13.2 Å². The van der Waals surface area contributed by atoms with Gasteiger partial charge in [0.15, 0.2) is 5.75 Å². The number of halogens is 4. The van der Waals surface area contributed by atoms with Crippen LogP contribution in [0.1, 0.15) is 24.9 Å². The van der Waals surface area contributed by atoms with Crippen LogP contribution >= 0.6 is 11.6 Å². The van der Waals surface area contributed by atoms with E-state index in [1.165, 1.54) is 0 Å². The Morgan fingerprint density at radius 1 is 1.21 bits per heavy atom. The minimum Gasteiger partial charge on any atom is -0.455 e. The number of hydrogen-bond donors (Lipinski definition) is 1. The van der Waals surface area contributed by atoms with Crippen LogP contribution in [0.2, 0.25) is 5.02 Å². The van der Waals surface area contributed by atoms with Gasteiger partial charge in [-0.25, -0.2) is 0 Å². The molecular weight excluding hydrogens is 393 g/mol. The Labute approximate surface area is 165 Å². The number of nitrogens with one attached hydrogen (secondary N) is 1. The largest absolute Gasteiger partial charge is 0.471 e. The number of nitrogens with zero attached hydrogens (tertiary/aromatic N) is 1. The zero-order valence-corrected chi connectivity index (χ0v) is 15.7. The Morgan fingerprint density at radius 3 is 2.71 bits per heavy atom. The third kappa shape index (κ3) is 3.28. The van der Waals surface area contributed by atoms with Gasteiger partial charge in [0, 0.05) is 17.1 Å². The van der Waals surface area contributed by atoms with E-state index in [-0.39, 0.29) is 5.92 Å². The second kappa shape index (κ2) is 6.88. The molecule has 2 aromatic rings. The maximum atomic E-state index is 13.0. The highest BCUT2D eigenvalue weighted by Gasteiger charge is 2.46. The van der Waals surface area contributed by atoms with Gasteiger partial charge in [0.1, 0.15) is 5.75 Å². The van der Waals surface area contributed by atoms with E-state index in [0.29, 0.717) is 35.2 Å². The normalized spacial score (nSPS) is 23.6. The molecule has 1 saturated heterocycles. The molecule has 2 heterocycles. The molecule has 0 aliphatic carbocycles. The van der Waals surface area contributed by atoms with Crippen molar-refractivity contribution in [2.45, 2.75) is 31.6 Å². The molecule has 1 fully saturated rings. The van der Waals surface area contributed by atoms with Crippen molar-refractivity contribution in [1.29, 1.82) is 0 Å². The van der Waals surface area contributed by atoms with Crippen molar-refractivity contribution < 1.29 is 22.7 Å². The van der Waals surface area contributed by atoms with Crippen LogP contribution in [0.25, 0.3) is 0 Å². The van der Waals surface area contributed by atoms with Crippen LogP contribution in [0.3, 0.4) is 0 Å². The van der Waals surface area contributed by atoms with Gasteiger partial charge >= 0.3 is 12.1 Å². The van der Waals surface area contributed by atoms with Crippen molar-refractivity contribution in [2.75, 3.05) is 11.4 Å². The monoisotopic (exact) mass is 410 g/mol. The van der Waals surface area contributed by atoms with E-state index in [0.717, 1.165) is 5.56 Å². The molecule has 1 amide bonds. The number of alkyl halides is 3. The second-order valence-electron chi connectivity index (χ2n) is 7.15. The average molecular weight is 411 g/mol. The van der Waals surface area contributed by atoms with E-state index < -0.39 is 24.2 Å². The molecule has 2 aromatic carbocycles. The molecule has 4 nitrogen and oxygen atoms in total. The zero-order valence-electron chi connectivity index (χ0n) is 15.0. The van der Waals surface area contributed by atoms with E-state index in [9.17, 15) is 18.0 Å². The van der Waals surface area contributed by atoms with Crippen LogP contribution in [0.15, 0.2) is 42.5 Å². The number of carbonyl (C=O) groups is 1. The quantitative estimate of drug-likeness (QED) is 0.712. The lowest BCUT2D eigenvalue weighted by atomic mass is 9.82. The van der Waals surface area contributed by atoms with Gasteiger partial charge in [-0.15, -0.1) is 0 Å². The van der Waals surface area contributed by atoms with Gasteiger partial charge < -0.3 is 15.0 Å². The Balaban J connectivity index is 1.84. The highest BCUT2D eigenvalue weighted by atomic mass is 35.5. The summed E-state index contributed by atoms with van der Waals surface area (Å²) in [7, 11) is 0. The van der Waals surface area contributed by atoms with Crippen LogP contribution in [-0.4, -0.2) is 24.7 Å². The van der Waals surface area contributed by atoms with Crippen LogP contribution < -0.4 is 15.0 Å². The average Bonchev–Trinajstić information content (AvgIpc) is 2.77. The molecule has 1 N–H and O–H groups in total. The summed E-state index contributed by atoms with van der Waals surface area (Å²) in [4.78, 5) is 13.7. The fourth-order valence-electron chi connectivity index (χ4n) is 3.99. The molecule has 4 rings (SSSR count). The van der Waals surface area contributed by atoms with Gasteiger partial charge in [0.25, 0.3) is 0 Å². The highest BCUT2D eigenvalue weighted by molar-refractivity contribution is 6.31. The van der Waals surface area contributed by atoms with Crippen molar-refractivity contribution in [3.63, 3.8) is 0 Å². The summed E-state index contributed by atoms with van der Waals surface area (Å²) in [5, 5.41) is 2.73. The van der Waals surface area contributed by atoms with Crippen molar-refractivity contribution >= 4 is 23.2 Å². The van der Waals surface area contributed by atoms with Crippen LogP contribution in [0.5, 0.6) is 11.5 Å². The molecule has 28 heavy (non-hydrogen) atoms. The first kappa shape index (κ1) is 18.9. The molecule has 0 unspecified atom stereocenters. The predicted octanol–water partition coefficient (Wildman–Crippen LogP) is 5.08. The number of para-hydroxylation sites is 1. The Kier molecular flexibility index (Phi) is 4.65. The number of anilines is 1. The third-order valence-corrected chi connectivity index (χ3v) is 5.59. The van der Waals surface area contributed by atoms with E-state index in [1.807, 2.05) is 24.0 Å². The Bertz CT molecular complexity index is 919. The molecule has 2 aliphatic rings. The van der Waals surface area contributed by atoms with Gasteiger partial charge in [0.2, 0.25) is 0 Å². The summed E-state index contributed by atoms with van der Waals surface area (Å²) in [5.74, 6) is -0.949. The predicted molar refractivity (Wildman–Crippen MR) is 99.8 cm³/mol. The van der Waals surface area contributed by atoms with Crippen molar-refractivity contribution in [3.05, 3.63) is 53.1 Å². The van der Waals surface area contributed by atoms with E-state index >= 15 is 0 Å². The molecule has 2 aliphatic heterocycles. The molecular formula is C20H18ClF3N2O2. The van der Waals surface area contributed by atoms with E-state index in [1.54, 1.807) is 30.3 Å². The fraction of sp³-hybridized carbons (Fsp3) is 0.350. The van der Waals surface area contributed by atoms with Gasteiger partial charge in [0.05, 0.1) is 17.8 Å². The van der Waals surface area contributed by atoms with Crippen molar-refractivity contribution in [2.24, 2.45) is 5.92 Å². The van der Waals surface area contributed by atoms with Gasteiger partial charge in [-0.3, -0.25) is 4.79 Å². The summed E-state index contributed by atoms with van der Waals surface area (Å²) < 4.78 is 44.9. The molecule has 0 aromatic heterocycles. The molecule has 3 atom stereocenters. The fourth-order valence-corrected chi connectivity index (χ4v) is 4.16. The SMILES string of the molecule is C[C@H]1CCN2c3cc(Cl)ccc3Oc3ccccc3[C@@H]2[C@H]1NC(=O)C(F)(F)F. The number of benzene rings is 2. The summed E-state index contributed by atoms with van der Waals surface area (Å²) in [6.45, 7) is 2.46. The number of carbonyl (C=O) groups excluding carboxylic acids is 1. The molecule has 0 bridgehead atoms. The minimum absolute atomic E-state index is 0.152. The lowest BCUT2D eigenvalue weighted by molar-refractivity contribution is -0.175. The van der Waals surface area contributed by atoms with Crippen molar-refractivity contribution in [1.82, 2.24) is 5.32 Å². The lowest BCUT2D eigenvalue weighted by Gasteiger charge is -2.45. The third-order valence-electron chi connectivity index (χ3n) is 5.36. The highest BCUT2D eigenvalue weighted by Crippen LogP contribution is 2.49. The standard InChI is InChI=1S/C20H18ClF3N2O2/c1-11-8-9-26-14-10-12(21)6-7-16(14)28-15-5-3-2-4-13(15)18(26)17(11)25-19(27)20(22,23)24/h2-7,10-11,17-18H,8-9H2,1H3,(H,25,27)/t11-,17-,18+/m0/s1. The lowest BCUT2D eigenvalue weighted by Crippen LogP contribution is -2.56. The van der Waals surface area contributed by atoms with Gasteiger partial charge in [-0.1, -0.05) is 36.7 Å². The summed E-state index contributed by atoms with van der Waals surface area (Å²) in [6, 6.07) is 11.2. The van der Waals surface area contributed by atoms with Crippen LogP contribution in [0.4, 0.5) is 18.9 Å². The van der Waals surface area contributed by atoms with Crippen LogP contribution in [0, 0.1) is 5.92 Å². The number of ether oxygens (including phenoxy) is 1. The summed E-state index contributed by atoms with van der Waals surface area (Å²) >= 11 is 6.18. The van der Waals surface area contributed by atoms with Crippen molar-refractivity contribution in [3.8, 4) is 11.5 Å². The number of amides is 1. The summed E-state index contributed by atoms with van der Waals surface area (Å²) in [6.07, 6.45) is -4.32. The van der Waals surface area contributed by atoms with E-state index in [4.69, 9.17) is 16.3 Å². The second-order valence-corrected chi connectivity index (χ2v) is 7.59. The maximum absolute atomic E-state index is 13.0. The minimum atomic E-state index is -4.94. The Hall–Kier alpha value is -2.41. The number of piperidine rings is 1. The molecule has 0 saturated carbocycles. The number of hydrogen-bond acceptors (Lipinski definition) is 3. The van der Waals surface area contributed by atoms with E-state index in [2.05, 4.69) is 5.32 Å². The maximum Gasteiger partial charge on any atom is 0.471 e. The summed E-state index contributed by atoms with van der Waals surface area (Å²) in [5.41, 5.74) is 1.43.